The first-order valence-corrected chi connectivity index (χ1v) is 12.0. The predicted octanol–water partition coefficient (Wildman–Crippen LogP) is 3.09. The molecule has 30 heavy (non-hydrogen) atoms. The molecule has 1 saturated heterocycles. The standard InChI is InChI=1S/C21H24N2O5S2/c1-27-19-9-6-17(15-20(19)30(25,26)23-11-13-28-14-12-23)22-21(24)10-5-16-3-7-18(29-2)8-4-16/h3-10,15H,11-14H2,1-2H3,(H,22,24). The van der Waals surface area contributed by atoms with Crippen LogP contribution in [-0.4, -0.2) is 58.3 Å². The number of nitrogens with zero attached hydrogens (tertiary/aromatic N) is 1. The van der Waals surface area contributed by atoms with Gasteiger partial charge in [0.05, 0.1) is 20.3 Å². The van der Waals surface area contributed by atoms with Crippen LogP contribution in [0, 0.1) is 0 Å². The number of hydrogen-bond acceptors (Lipinski definition) is 6. The van der Waals surface area contributed by atoms with Crippen molar-refractivity contribution in [1.82, 2.24) is 4.31 Å². The molecule has 7 nitrogen and oxygen atoms in total. The van der Waals surface area contributed by atoms with Gasteiger partial charge >= 0.3 is 0 Å². The van der Waals surface area contributed by atoms with Crippen molar-refractivity contribution >= 4 is 39.5 Å². The first-order chi connectivity index (χ1) is 14.4. The zero-order valence-electron chi connectivity index (χ0n) is 16.8. The number of benzene rings is 2. The normalized spacial score (nSPS) is 15.3. The molecule has 1 aliphatic rings. The van der Waals surface area contributed by atoms with Gasteiger partial charge in [0.15, 0.2) is 0 Å². The minimum atomic E-state index is -3.77. The van der Waals surface area contributed by atoms with Gasteiger partial charge < -0.3 is 14.8 Å². The second kappa shape index (κ2) is 10.1. The van der Waals surface area contributed by atoms with E-state index in [1.165, 1.54) is 29.6 Å². The van der Waals surface area contributed by atoms with Crippen molar-refractivity contribution in [2.75, 3.05) is 45.0 Å². The van der Waals surface area contributed by atoms with Crippen molar-refractivity contribution < 1.29 is 22.7 Å². The van der Waals surface area contributed by atoms with E-state index in [9.17, 15) is 13.2 Å². The Morgan fingerprint density at radius 3 is 2.50 bits per heavy atom. The molecule has 0 unspecified atom stereocenters. The highest BCUT2D eigenvalue weighted by Crippen LogP contribution is 2.30. The van der Waals surface area contributed by atoms with E-state index in [0.717, 1.165) is 10.5 Å². The Hall–Kier alpha value is -2.33. The fourth-order valence-corrected chi connectivity index (χ4v) is 4.95. The van der Waals surface area contributed by atoms with E-state index in [4.69, 9.17) is 9.47 Å². The molecule has 0 atom stereocenters. The lowest BCUT2D eigenvalue weighted by molar-refractivity contribution is -0.111. The third kappa shape index (κ3) is 5.42. The highest BCUT2D eigenvalue weighted by atomic mass is 32.2. The number of carbonyl (C=O) groups is 1. The van der Waals surface area contributed by atoms with Gasteiger partial charge in [0.1, 0.15) is 10.6 Å². The van der Waals surface area contributed by atoms with Crippen LogP contribution in [-0.2, 0) is 19.6 Å². The summed E-state index contributed by atoms with van der Waals surface area (Å²) in [6.07, 6.45) is 5.11. The lowest BCUT2D eigenvalue weighted by Gasteiger charge is -2.26. The quantitative estimate of drug-likeness (QED) is 0.518. The lowest BCUT2D eigenvalue weighted by Crippen LogP contribution is -2.40. The number of sulfonamides is 1. The van der Waals surface area contributed by atoms with Gasteiger partial charge in [0.25, 0.3) is 0 Å². The SMILES string of the molecule is COc1ccc(NC(=O)C=Cc2ccc(SC)cc2)cc1S(=O)(=O)N1CCOCC1. The number of ether oxygens (including phenoxy) is 2. The van der Waals surface area contributed by atoms with Crippen LogP contribution in [0.5, 0.6) is 5.75 Å². The van der Waals surface area contributed by atoms with E-state index in [2.05, 4.69) is 5.32 Å². The highest BCUT2D eigenvalue weighted by Gasteiger charge is 2.29. The van der Waals surface area contributed by atoms with Gasteiger partial charge in [-0.15, -0.1) is 11.8 Å². The number of methoxy groups -OCH3 is 1. The van der Waals surface area contributed by atoms with Crippen molar-refractivity contribution in [3.8, 4) is 5.75 Å². The third-order valence-corrected chi connectivity index (χ3v) is 7.23. The molecule has 1 fully saturated rings. The maximum Gasteiger partial charge on any atom is 0.248 e. The van der Waals surface area contributed by atoms with Gasteiger partial charge in [0, 0.05) is 29.7 Å². The van der Waals surface area contributed by atoms with Crippen LogP contribution in [0.4, 0.5) is 5.69 Å². The van der Waals surface area contributed by atoms with Crippen LogP contribution in [0.15, 0.2) is 58.3 Å². The van der Waals surface area contributed by atoms with E-state index in [0.29, 0.717) is 18.9 Å². The maximum absolute atomic E-state index is 13.0. The van der Waals surface area contributed by atoms with Gasteiger partial charge in [-0.25, -0.2) is 8.42 Å². The zero-order valence-corrected chi connectivity index (χ0v) is 18.5. The Balaban J connectivity index is 1.76. The summed E-state index contributed by atoms with van der Waals surface area (Å²) in [6.45, 7) is 1.25. The molecule has 0 aliphatic carbocycles. The molecule has 0 saturated carbocycles. The van der Waals surface area contributed by atoms with Crippen molar-refractivity contribution in [2.45, 2.75) is 9.79 Å². The molecule has 0 bridgehead atoms. The monoisotopic (exact) mass is 448 g/mol. The molecule has 9 heteroatoms. The van der Waals surface area contributed by atoms with Crippen molar-refractivity contribution in [3.05, 3.63) is 54.1 Å². The molecule has 1 heterocycles. The minimum Gasteiger partial charge on any atom is -0.495 e. The Morgan fingerprint density at radius 1 is 1.17 bits per heavy atom. The van der Waals surface area contributed by atoms with Crippen LogP contribution in [0.3, 0.4) is 0 Å². The molecule has 3 rings (SSSR count). The smallest absolute Gasteiger partial charge is 0.248 e. The fraction of sp³-hybridized carbons (Fsp3) is 0.286. The molecule has 0 aromatic heterocycles. The van der Waals surface area contributed by atoms with Crippen molar-refractivity contribution in [3.63, 3.8) is 0 Å². The molecular weight excluding hydrogens is 424 g/mol. The number of anilines is 1. The number of hydrogen-bond donors (Lipinski definition) is 1. The molecule has 1 aliphatic heterocycles. The Bertz CT molecular complexity index is 1010. The van der Waals surface area contributed by atoms with E-state index < -0.39 is 10.0 Å². The van der Waals surface area contributed by atoms with E-state index in [1.54, 1.807) is 23.9 Å². The van der Waals surface area contributed by atoms with Crippen molar-refractivity contribution in [1.29, 1.82) is 0 Å². The molecule has 160 valence electrons. The van der Waals surface area contributed by atoms with Gasteiger partial charge in [-0.2, -0.15) is 4.31 Å². The number of thioether (sulfide) groups is 1. The van der Waals surface area contributed by atoms with Crippen LogP contribution in [0.1, 0.15) is 5.56 Å². The van der Waals surface area contributed by atoms with Crippen LogP contribution in [0.25, 0.3) is 6.08 Å². The summed E-state index contributed by atoms with van der Waals surface area (Å²) in [7, 11) is -2.35. The number of carbonyl (C=O) groups excluding carboxylic acids is 1. The van der Waals surface area contributed by atoms with E-state index in [-0.39, 0.29) is 29.6 Å². The average molecular weight is 449 g/mol. The van der Waals surface area contributed by atoms with Gasteiger partial charge in [-0.05, 0) is 48.2 Å². The summed E-state index contributed by atoms with van der Waals surface area (Å²) in [6, 6.07) is 12.4. The van der Waals surface area contributed by atoms with Crippen LogP contribution >= 0.6 is 11.8 Å². The van der Waals surface area contributed by atoms with Crippen molar-refractivity contribution in [2.24, 2.45) is 0 Å². The molecule has 1 amide bonds. The summed E-state index contributed by atoms with van der Waals surface area (Å²) in [4.78, 5) is 13.5. The first kappa shape index (κ1) is 22.4. The Morgan fingerprint density at radius 2 is 1.87 bits per heavy atom. The Kier molecular flexibility index (Phi) is 7.54. The minimum absolute atomic E-state index is 0.0151. The summed E-state index contributed by atoms with van der Waals surface area (Å²) >= 11 is 1.65. The predicted molar refractivity (Wildman–Crippen MR) is 118 cm³/mol. The van der Waals surface area contributed by atoms with E-state index >= 15 is 0 Å². The molecule has 0 radical (unpaired) electrons. The number of rotatable bonds is 7. The topological polar surface area (TPSA) is 84.9 Å². The molecule has 2 aromatic rings. The van der Waals surface area contributed by atoms with Crippen LogP contribution < -0.4 is 10.1 Å². The van der Waals surface area contributed by atoms with Gasteiger partial charge in [-0.1, -0.05) is 12.1 Å². The van der Waals surface area contributed by atoms with Crippen LogP contribution in [0.2, 0.25) is 0 Å². The molecule has 2 aromatic carbocycles. The molecule has 1 N–H and O–H groups in total. The fourth-order valence-electron chi connectivity index (χ4n) is 2.95. The summed E-state index contributed by atoms with van der Waals surface area (Å²) in [5.41, 5.74) is 1.27. The average Bonchev–Trinajstić information content (AvgIpc) is 2.78. The van der Waals surface area contributed by atoms with Gasteiger partial charge in [0.2, 0.25) is 15.9 Å². The second-order valence-electron chi connectivity index (χ2n) is 6.48. The summed E-state index contributed by atoms with van der Waals surface area (Å²) in [5, 5.41) is 2.71. The number of nitrogens with one attached hydrogen (secondary N) is 1. The summed E-state index contributed by atoms with van der Waals surface area (Å²) in [5.74, 6) is -0.132. The first-order valence-electron chi connectivity index (χ1n) is 9.33. The molecule has 0 spiro atoms. The highest BCUT2D eigenvalue weighted by molar-refractivity contribution is 7.98. The number of morpholine rings is 1. The summed E-state index contributed by atoms with van der Waals surface area (Å²) < 4.78 is 37.9. The number of amides is 1. The van der Waals surface area contributed by atoms with Gasteiger partial charge in [-0.3, -0.25) is 4.79 Å². The third-order valence-electron chi connectivity index (χ3n) is 4.56. The maximum atomic E-state index is 13.0. The Labute approximate surface area is 181 Å². The lowest BCUT2D eigenvalue weighted by atomic mass is 10.2. The second-order valence-corrected chi connectivity index (χ2v) is 9.26. The zero-order chi connectivity index (χ0) is 21.6. The molecular formula is C21H24N2O5S2. The largest absolute Gasteiger partial charge is 0.495 e. The van der Waals surface area contributed by atoms with E-state index in [1.807, 2.05) is 30.5 Å².